The standard InChI is InChI=1S/C20H22N2O3/c1-5-14-15-11-17(20(23)25-4)22-18(19(15)21-16(14)6-2)12-7-9-13(24-3)10-8-12/h5-10,17-18,21-22H,1-2,11H2,3-4H3. The van der Waals surface area contributed by atoms with Crippen LogP contribution in [-0.4, -0.2) is 31.2 Å². The van der Waals surface area contributed by atoms with Gasteiger partial charge in [0.2, 0.25) is 0 Å². The van der Waals surface area contributed by atoms with Crippen molar-refractivity contribution >= 4 is 18.1 Å². The molecule has 2 atom stereocenters. The highest BCUT2D eigenvalue weighted by atomic mass is 16.5. The Kier molecular flexibility index (Phi) is 4.76. The molecule has 1 aromatic carbocycles. The number of rotatable bonds is 5. The average molecular weight is 338 g/mol. The first-order valence-corrected chi connectivity index (χ1v) is 8.10. The van der Waals surface area contributed by atoms with E-state index in [9.17, 15) is 4.79 Å². The summed E-state index contributed by atoms with van der Waals surface area (Å²) in [5.41, 5.74) is 5.02. The van der Waals surface area contributed by atoms with Crippen LogP contribution in [0.2, 0.25) is 0 Å². The summed E-state index contributed by atoms with van der Waals surface area (Å²) in [5.74, 6) is 0.509. The fraction of sp³-hybridized carbons (Fsp3) is 0.250. The van der Waals surface area contributed by atoms with E-state index >= 15 is 0 Å². The van der Waals surface area contributed by atoms with Crippen LogP contribution in [0.5, 0.6) is 5.75 Å². The van der Waals surface area contributed by atoms with Gasteiger partial charge in [-0.05, 0) is 29.3 Å². The highest BCUT2D eigenvalue weighted by Crippen LogP contribution is 2.35. The van der Waals surface area contributed by atoms with Crippen molar-refractivity contribution in [3.8, 4) is 5.75 Å². The molecule has 2 heterocycles. The second-order valence-electron chi connectivity index (χ2n) is 5.91. The highest BCUT2D eigenvalue weighted by Gasteiger charge is 2.35. The van der Waals surface area contributed by atoms with Crippen molar-refractivity contribution in [1.82, 2.24) is 10.3 Å². The average Bonchev–Trinajstić information content (AvgIpc) is 3.04. The van der Waals surface area contributed by atoms with Crippen LogP contribution in [0.4, 0.5) is 0 Å². The van der Waals surface area contributed by atoms with Gasteiger partial charge >= 0.3 is 5.97 Å². The minimum absolute atomic E-state index is 0.161. The third-order valence-electron chi connectivity index (χ3n) is 4.62. The third kappa shape index (κ3) is 2.98. The number of fused-ring (bicyclic) bond motifs is 1. The number of carbonyl (C=O) groups excluding carboxylic acids is 1. The Balaban J connectivity index is 2.10. The molecule has 0 saturated heterocycles. The van der Waals surface area contributed by atoms with Crippen LogP contribution in [-0.2, 0) is 16.0 Å². The van der Waals surface area contributed by atoms with Gasteiger partial charge in [-0.2, -0.15) is 0 Å². The van der Waals surface area contributed by atoms with E-state index in [2.05, 4.69) is 23.5 Å². The lowest BCUT2D eigenvalue weighted by atomic mass is 9.89. The topological polar surface area (TPSA) is 63.4 Å². The number of aromatic nitrogens is 1. The molecular formula is C20H22N2O3. The van der Waals surface area contributed by atoms with Crippen molar-refractivity contribution in [1.29, 1.82) is 0 Å². The molecule has 5 nitrogen and oxygen atoms in total. The van der Waals surface area contributed by atoms with Gasteiger partial charge in [-0.25, -0.2) is 0 Å². The van der Waals surface area contributed by atoms with E-state index in [1.54, 1.807) is 19.3 Å². The molecule has 0 fully saturated rings. The normalized spacial score (nSPS) is 19.0. The van der Waals surface area contributed by atoms with Crippen molar-refractivity contribution < 1.29 is 14.3 Å². The van der Waals surface area contributed by atoms with Gasteiger partial charge in [0.05, 0.1) is 20.3 Å². The van der Waals surface area contributed by atoms with Crippen LogP contribution in [0.15, 0.2) is 37.4 Å². The largest absolute Gasteiger partial charge is 0.497 e. The Labute approximate surface area is 147 Å². The molecule has 0 bridgehead atoms. The lowest BCUT2D eigenvalue weighted by molar-refractivity contribution is -0.143. The number of nitrogens with one attached hydrogen (secondary N) is 2. The quantitative estimate of drug-likeness (QED) is 0.823. The Morgan fingerprint density at radius 3 is 2.48 bits per heavy atom. The molecule has 25 heavy (non-hydrogen) atoms. The summed E-state index contributed by atoms with van der Waals surface area (Å²) in [6.45, 7) is 7.78. The molecular weight excluding hydrogens is 316 g/mol. The minimum Gasteiger partial charge on any atom is -0.497 e. The van der Waals surface area contributed by atoms with Crippen molar-refractivity contribution in [3.63, 3.8) is 0 Å². The number of carbonyl (C=O) groups is 1. The Hall–Kier alpha value is -2.79. The summed E-state index contributed by atoms with van der Waals surface area (Å²) in [6, 6.07) is 7.21. The van der Waals surface area contributed by atoms with Crippen molar-refractivity contribution in [2.45, 2.75) is 18.5 Å². The van der Waals surface area contributed by atoms with Gasteiger partial charge in [0.25, 0.3) is 0 Å². The van der Waals surface area contributed by atoms with Gasteiger partial charge in [0, 0.05) is 23.4 Å². The van der Waals surface area contributed by atoms with Gasteiger partial charge < -0.3 is 14.5 Å². The summed E-state index contributed by atoms with van der Waals surface area (Å²) in [6.07, 6.45) is 4.12. The minimum atomic E-state index is -0.420. The zero-order valence-electron chi connectivity index (χ0n) is 14.5. The number of hydrogen-bond donors (Lipinski definition) is 2. The van der Waals surface area contributed by atoms with Crippen LogP contribution in [0.1, 0.15) is 34.1 Å². The first kappa shape index (κ1) is 17.0. The van der Waals surface area contributed by atoms with Gasteiger partial charge in [-0.1, -0.05) is 31.4 Å². The number of ether oxygens (including phenoxy) is 2. The van der Waals surface area contributed by atoms with Gasteiger partial charge in [0.1, 0.15) is 11.8 Å². The monoisotopic (exact) mass is 338 g/mol. The maximum Gasteiger partial charge on any atom is 0.323 e. The van der Waals surface area contributed by atoms with Crippen LogP contribution in [0.25, 0.3) is 12.2 Å². The van der Waals surface area contributed by atoms with Gasteiger partial charge in [0.15, 0.2) is 0 Å². The van der Waals surface area contributed by atoms with E-state index in [0.29, 0.717) is 6.42 Å². The Morgan fingerprint density at radius 2 is 1.92 bits per heavy atom. The summed E-state index contributed by atoms with van der Waals surface area (Å²) in [4.78, 5) is 15.6. The second kappa shape index (κ2) is 6.99. The van der Waals surface area contributed by atoms with Crippen LogP contribution >= 0.6 is 0 Å². The molecule has 3 rings (SSSR count). The molecule has 0 aliphatic carbocycles. The molecule has 0 saturated carbocycles. The smallest absolute Gasteiger partial charge is 0.323 e. The lowest BCUT2D eigenvalue weighted by Crippen LogP contribution is -2.45. The van der Waals surface area contributed by atoms with E-state index < -0.39 is 6.04 Å². The fourth-order valence-corrected chi connectivity index (χ4v) is 3.36. The van der Waals surface area contributed by atoms with Gasteiger partial charge in [-0.3, -0.25) is 10.1 Å². The summed E-state index contributed by atoms with van der Waals surface area (Å²) in [7, 11) is 3.04. The molecule has 0 radical (unpaired) electrons. The van der Waals surface area contributed by atoms with E-state index in [4.69, 9.17) is 9.47 Å². The molecule has 1 aliphatic rings. The van der Waals surface area contributed by atoms with E-state index in [-0.39, 0.29) is 12.0 Å². The first-order valence-electron chi connectivity index (χ1n) is 8.10. The molecule has 0 amide bonds. The number of benzene rings is 1. The van der Waals surface area contributed by atoms with E-state index in [0.717, 1.165) is 33.8 Å². The Morgan fingerprint density at radius 1 is 1.20 bits per heavy atom. The summed E-state index contributed by atoms with van der Waals surface area (Å²) in [5, 5.41) is 3.39. The number of aromatic amines is 1. The number of H-pyrrole nitrogens is 1. The van der Waals surface area contributed by atoms with Crippen molar-refractivity contribution in [2.75, 3.05) is 14.2 Å². The highest BCUT2D eigenvalue weighted by molar-refractivity contribution is 5.78. The first-order chi connectivity index (χ1) is 12.1. The second-order valence-corrected chi connectivity index (χ2v) is 5.91. The maximum absolute atomic E-state index is 12.2. The third-order valence-corrected chi connectivity index (χ3v) is 4.62. The van der Waals surface area contributed by atoms with E-state index in [1.165, 1.54) is 7.11 Å². The molecule has 2 aromatic rings. The molecule has 2 N–H and O–H groups in total. The van der Waals surface area contributed by atoms with Crippen LogP contribution in [0, 0.1) is 0 Å². The summed E-state index contributed by atoms with van der Waals surface area (Å²) < 4.78 is 10.2. The molecule has 1 aromatic heterocycles. The molecule has 2 unspecified atom stereocenters. The van der Waals surface area contributed by atoms with E-state index in [1.807, 2.05) is 24.3 Å². The predicted molar refractivity (Wildman–Crippen MR) is 98.5 cm³/mol. The van der Waals surface area contributed by atoms with Crippen LogP contribution < -0.4 is 10.1 Å². The number of esters is 1. The van der Waals surface area contributed by atoms with Gasteiger partial charge in [-0.15, -0.1) is 0 Å². The zero-order valence-corrected chi connectivity index (χ0v) is 14.5. The molecule has 0 spiro atoms. The molecule has 130 valence electrons. The summed E-state index contributed by atoms with van der Waals surface area (Å²) >= 11 is 0. The SMILES string of the molecule is C=Cc1[nH]c2c(c1C=C)CC(C(=O)OC)NC2c1ccc(OC)cc1. The predicted octanol–water partition coefficient (Wildman–Crippen LogP) is 3.09. The Bertz CT molecular complexity index is 805. The lowest BCUT2D eigenvalue weighted by Gasteiger charge is -2.30. The molecule has 5 heteroatoms. The zero-order chi connectivity index (χ0) is 18.0. The fourth-order valence-electron chi connectivity index (χ4n) is 3.36. The maximum atomic E-state index is 12.2. The van der Waals surface area contributed by atoms with Crippen molar-refractivity contribution in [2.24, 2.45) is 0 Å². The number of hydrogen-bond acceptors (Lipinski definition) is 4. The molecule has 1 aliphatic heterocycles. The van der Waals surface area contributed by atoms with Crippen molar-refractivity contribution in [3.05, 3.63) is 65.5 Å². The number of methoxy groups -OCH3 is 2. The van der Waals surface area contributed by atoms with Crippen LogP contribution in [0.3, 0.4) is 0 Å².